The van der Waals surface area contributed by atoms with Crippen LogP contribution >= 0.6 is 0 Å². The average Bonchev–Trinajstić information content (AvgIpc) is 2.38. The van der Waals surface area contributed by atoms with E-state index in [1.807, 2.05) is 4.90 Å². The molecule has 0 aliphatic carbocycles. The molecule has 7 heteroatoms. The molecule has 0 saturated carbocycles. The monoisotopic (exact) mass is 254 g/mol. The van der Waals surface area contributed by atoms with Crippen molar-refractivity contribution in [1.29, 1.82) is 0 Å². The molecule has 0 fully saturated rings. The highest BCUT2D eigenvalue weighted by atomic mass is 16.5. The molecule has 0 aliphatic rings. The average molecular weight is 254 g/mol. The van der Waals surface area contributed by atoms with Crippen LogP contribution in [-0.2, 0) is 14.3 Å². The summed E-state index contributed by atoms with van der Waals surface area (Å²) < 4.78 is 9.61. The van der Waals surface area contributed by atoms with E-state index in [9.17, 15) is 4.79 Å². The first-order valence-electron chi connectivity index (χ1n) is 5.56. The first kappa shape index (κ1) is 14.2. The van der Waals surface area contributed by atoms with E-state index in [-0.39, 0.29) is 12.4 Å². The molecule has 1 aromatic heterocycles. The molecule has 7 nitrogen and oxygen atoms in total. The van der Waals surface area contributed by atoms with Crippen molar-refractivity contribution >= 4 is 17.7 Å². The number of carbonyl (C=O) groups is 1. The summed E-state index contributed by atoms with van der Waals surface area (Å²) >= 11 is 0. The lowest BCUT2D eigenvalue weighted by atomic mass is 10.4. The lowest BCUT2D eigenvalue weighted by molar-refractivity contribution is -0.140. The smallest absolute Gasteiger partial charge is 0.307 e. The fourth-order valence-corrected chi connectivity index (χ4v) is 1.36. The minimum Gasteiger partial charge on any atom is -0.469 e. The van der Waals surface area contributed by atoms with Gasteiger partial charge in [-0.15, -0.1) is 0 Å². The second kappa shape index (κ2) is 7.44. The van der Waals surface area contributed by atoms with Gasteiger partial charge in [-0.25, -0.2) is 4.98 Å². The molecule has 0 bridgehead atoms. The number of aromatic nitrogens is 2. The second-order valence-corrected chi connectivity index (χ2v) is 3.59. The molecule has 1 heterocycles. The van der Waals surface area contributed by atoms with Crippen LogP contribution in [-0.4, -0.2) is 49.9 Å². The Labute approximate surface area is 106 Å². The highest BCUT2D eigenvalue weighted by Crippen LogP contribution is 2.09. The number of nitrogens with zero attached hydrogens (tertiary/aromatic N) is 3. The van der Waals surface area contributed by atoms with Gasteiger partial charge in [-0.05, 0) is 6.07 Å². The summed E-state index contributed by atoms with van der Waals surface area (Å²) in [6.07, 6.45) is 1.84. The highest BCUT2D eigenvalue weighted by Gasteiger charge is 2.12. The van der Waals surface area contributed by atoms with Crippen molar-refractivity contribution in [3.63, 3.8) is 0 Å². The van der Waals surface area contributed by atoms with E-state index in [0.717, 1.165) is 0 Å². The summed E-state index contributed by atoms with van der Waals surface area (Å²) in [4.78, 5) is 21.2. The first-order chi connectivity index (χ1) is 8.67. The zero-order chi connectivity index (χ0) is 13.4. The predicted octanol–water partition coefficient (Wildman–Crippen LogP) is 0.0747. The van der Waals surface area contributed by atoms with Gasteiger partial charge in [-0.1, -0.05) is 0 Å². The number of nitrogen functional groups attached to an aromatic ring is 1. The third kappa shape index (κ3) is 4.54. The van der Waals surface area contributed by atoms with Crippen molar-refractivity contribution in [2.75, 3.05) is 44.5 Å². The lowest BCUT2D eigenvalue weighted by Crippen LogP contribution is -2.31. The zero-order valence-electron chi connectivity index (χ0n) is 10.6. The van der Waals surface area contributed by atoms with Gasteiger partial charge in [0.15, 0.2) is 0 Å². The van der Waals surface area contributed by atoms with Gasteiger partial charge in [0.2, 0.25) is 5.95 Å². The summed E-state index contributed by atoms with van der Waals surface area (Å²) in [7, 11) is 2.97. The molecule has 2 N–H and O–H groups in total. The Kier molecular flexibility index (Phi) is 5.86. The summed E-state index contributed by atoms with van der Waals surface area (Å²) in [5.74, 6) is 0.595. The number of ether oxygens (including phenoxy) is 2. The molecule has 0 atom stereocenters. The van der Waals surface area contributed by atoms with E-state index in [4.69, 9.17) is 10.5 Å². The third-order valence-electron chi connectivity index (χ3n) is 2.33. The maximum absolute atomic E-state index is 11.1. The van der Waals surface area contributed by atoms with Gasteiger partial charge in [0.05, 0.1) is 20.1 Å². The minimum absolute atomic E-state index is 0.262. The van der Waals surface area contributed by atoms with Gasteiger partial charge >= 0.3 is 5.97 Å². The van der Waals surface area contributed by atoms with E-state index in [1.54, 1.807) is 19.4 Å². The van der Waals surface area contributed by atoms with Gasteiger partial charge < -0.3 is 20.1 Å². The van der Waals surface area contributed by atoms with Crippen LogP contribution in [0.4, 0.5) is 11.8 Å². The SMILES string of the molecule is COCCN(CCC(=O)OC)c1nccc(N)n1. The van der Waals surface area contributed by atoms with E-state index >= 15 is 0 Å². The van der Waals surface area contributed by atoms with Crippen LogP contribution in [0.3, 0.4) is 0 Å². The maximum Gasteiger partial charge on any atom is 0.307 e. The Hall–Kier alpha value is -1.89. The molecule has 0 amide bonds. The minimum atomic E-state index is -0.277. The number of methoxy groups -OCH3 is 2. The molecule has 100 valence electrons. The summed E-state index contributed by atoms with van der Waals surface area (Å²) in [6.45, 7) is 1.55. The van der Waals surface area contributed by atoms with Crippen molar-refractivity contribution in [3.8, 4) is 0 Å². The van der Waals surface area contributed by atoms with Crippen LogP contribution in [0.25, 0.3) is 0 Å². The van der Waals surface area contributed by atoms with Crippen LogP contribution in [0.5, 0.6) is 0 Å². The van der Waals surface area contributed by atoms with E-state index in [1.165, 1.54) is 7.11 Å². The fourth-order valence-electron chi connectivity index (χ4n) is 1.36. The largest absolute Gasteiger partial charge is 0.469 e. The maximum atomic E-state index is 11.1. The van der Waals surface area contributed by atoms with E-state index in [2.05, 4.69) is 14.7 Å². The normalized spacial score (nSPS) is 10.1. The standard InChI is InChI=1S/C11H18N4O3/c1-17-8-7-15(6-4-10(16)18-2)11-13-5-3-9(12)14-11/h3,5H,4,6-8H2,1-2H3,(H2,12,13,14). The van der Waals surface area contributed by atoms with Crippen molar-refractivity contribution in [3.05, 3.63) is 12.3 Å². The molecule has 0 radical (unpaired) electrons. The van der Waals surface area contributed by atoms with Gasteiger partial charge in [0, 0.05) is 26.4 Å². The van der Waals surface area contributed by atoms with Gasteiger partial charge in [0.1, 0.15) is 5.82 Å². The quantitative estimate of drug-likeness (QED) is 0.689. The summed E-state index contributed by atoms with van der Waals surface area (Å²) in [6, 6.07) is 1.61. The van der Waals surface area contributed by atoms with Crippen molar-refractivity contribution < 1.29 is 14.3 Å². The summed E-state index contributed by atoms with van der Waals surface area (Å²) in [5, 5.41) is 0. The Morgan fingerprint density at radius 3 is 2.83 bits per heavy atom. The summed E-state index contributed by atoms with van der Waals surface area (Å²) in [5.41, 5.74) is 5.61. The highest BCUT2D eigenvalue weighted by molar-refractivity contribution is 5.69. The molecule has 0 spiro atoms. The van der Waals surface area contributed by atoms with Crippen molar-refractivity contribution in [2.24, 2.45) is 0 Å². The van der Waals surface area contributed by atoms with Crippen molar-refractivity contribution in [1.82, 2.24) is 9.97 Å². The Balaban J connectivity index is 2.68. The van der Waals surface area contributed by atoms with Gasteiger partial charge in [0.25, 0.3) is 0 Å². The number of anilines is 2. The molecular formula is C11H18N4O3. The molecule has 0 unspecified atom stereocenters. The Bertz CT molecular complexity index is 386. The van der Waals surface area contributed by atoms with Crippen molar-refractivity contribution in [2.45, 2.75) is 6.42 Å². The number of nitrogens with two attached hydrogens (primary N) is 1. The number of hydrogen-bond donors (Lipinski definition) is 1. The number of carbonyl (C=O) groups excluding carboxylic acids is 1. The van der Waals surface area contributed by atoms with Gasteiger partial charge in [-0.2, -0.15) is 4.98 Å². The Morgan fingerprint density at radius 1 is 1.44 bits per heavy atom. The third-order valence-corrected chi connectivity index (χ3v) is 2.33. The predicted molar refractivity (Wildman–Crippen MR) is 67.2 cm³/mol. The number of hydrogen-bond acceptors (Lipinski definition) is 7. The van der Waals surface area contributed by atoms with Crippen LogP contribution in [0.1, 0.15) is 6.42 Å². The van der Waals surface area contributed by atoms with E-state index < -0.39 is 0 Å². The van der Waals surface area contributed by atoms with Crippen LogP contribution in [0.15, 0.2) is 12.3 Å². The molecule has 0 aliphatic heterocycles. The Morgan fingerprint density at radius 2 is 2.22 bits per heavy atom. The number of esters is 1. The van der Waals surface area contributed by atoms with Crippen LogP contribution < -0.4 is 10.6 Å². The molecule has 1 rings (SSSR count). The lowest BCUT2D eigenvalue weighted by Gasteiger charge is -2.21. The first-order valence-corrected chi connectivity index (χ1v) is 5.56. The van der Waals surface area contributed by atoms with Crippen LogP contribution in [0, 0.1) is 0 Å². The second-order valence-electron chi connectivity index (χ2n) is 3.59. The molecule has 1 aromatic rings. The topological polar surface area (TPSA) is 90.6 Å². The van der Waals surface area contributed by atoms with E-state index in [0.29, 0.717) is 31.5 Å². The molecule has 18 heavy (non-hydrogen) atoms. The zero-order valence-corrected chi connectivity index (χ0v) is 10.6. The molecular weight excluding hydrogens is 236 g/mol. The molecule has 0 aromatic carbocycles. The van der Waals surface area contributed by atoms with Gasteiger partial charge in [-0.3, -0.25) is 4.79 Å². The van der Waals surface area contributed by atoms with Crippen LogP contribution in [0.2, 0.25) is 0 Å². The number of rotatable bonds is 7. The molecule has 0 saturated heterocycles. The fraction of sp³-hybridized carbons (Fsp3) is 0.545.